The molecule has 1 aliphatic heterocycles. The van der Waals surface area contributed by atoms with Gasteiger partial charge in [0, 0.05) is 38.1 Å². The van der Waals surface area contributed by atoms with Crippen LogP contribution in [0, 0.1) is 11.3 Å². The molecule has 0 radical (unpaired) electrons. The first-order valence-corrected chi connectivity index (χ1v) is 7.19. The van der Waals surface area contributed by atoms with Gasteiger partial charge in [-0.3, -0.25) is 4.79 Å². The minimum atomic E-state index is -1.03. The normalized spacial score (nSPS) is 15.8. The molecule has 0 aliphatic carbocycles. The second-order valence-corrected chi connectivity index (χ2v) is 5.33. The van der Waals surface area contributed by atoms with E-state index in [9.17, 15) is 14.9 Å². The summed E-state index contributed by atoms with van der Waals surface area (Å²) in [6.07, 6.45) is 1.58. The van der Waals surface area contributed by atoms with Crippen LogP contribution in [0.5, 0.6) is 0 Å². The lowest BCUT2D eigenvalue weighted by Crippen LogP contribution is -2.42. The van der Waals surface area contributed by atoms with Gasteiger partial charge >= 0.3 is 5.97 Å². The minimum Gasteiger partial charge on any atom is -0.478 e. The minimum absolute atomic E-state index is 0.0249. The van der Waals surface area contributed by atoms with E-state index in [-0.39, 0.29) is 11.1 Å². The number of likely N-dealkylation sites (N-methyl/N-ethyl adjacent to an activating group) is 1. The fourth-order valence-corrected chi connectivity index (χ4v) is 2.17. The first kappa shape index (κ1) is 16.5. The highest BCUT2D eigenvalue weighted by Gasteiger charge is 2.15. The van der Waals surface area contributed by atoms with Crippen LogP contribution in [0.4, 0.5) is 5.69 Å². The number of benzene rings is 1. The molecule has 23 heavy (non-hydrogen) atoms. The molecule has 2 N–H and O–H groups in total. The average molecular weight is 314 g/mol. The molecule has 0 saturated carbocycles. The fourth-order valence-electron chi connectivity index (χ4n) is 2.17. The van der Waals surface area contributed by atoms with Gasteiger partial charge in [-0.15, -0.1) is 0 Å². The van der Waals surface area contributed by atoms with Crippen molar-refractivity contribution in [3.63, 3.8) is 0 Å². The molecule has 1 aromatic carbocycles. The van der Waals surface area contributed by atoms with Crippen molar-refractivity contribution in [1.29, 1.82) is 5.26 Å². The standard InChI is InChI=1S/C16H18N4O3/c1-19-6-8-20(9-7-19)11-13(10-17)15(21)18-14-4-2-12(3-5-14)16(22)23/h2-5,11H,6-9H2,1H3,(H,18,21)(H,22,23)/b13-11-. The number of piperazine rings is 1. The summed E-state index contributed by atoms with van der Waals surface area (Å²) < 4.78 is 0. The number of rotatable bonds is 4. The van der Waals surface area contributed by atoms with Gasteiger partial charge in [0.15, 0.2) is 0 Å². The highest BCUT2D eigenvalue weighted by molar-refractivity contribution is 6.06. The van der Waals surface area contributed by atoms with Gasteiger partial charge in [0.25, 0.3) is 5.91 Å². The number of hydrogen-bond acceptors (Lipinski definition) is 5. The molecule has 2 rings (SSSR count). The van der Waals surface area contributed by atoms with E-state index in [1.807, 2.05) is 18.0 Å². The highest BCUT2D eigenvalue weighted by Crippen LogP contribution is 2.11. The summed E-state index contributed by atoms with van der Waals surface area (Å²) in [5.74, 6) is -1.54. The van der Waals surface area contributed by atoms with Crippen LogP contribution in [0.1, 0.15) is 10.4 Å². The van der Waals surface area contributed by atoms with Crippen molar-refractivity contribution in [3.8, 4) is 6.07 Å². The van der Waals surface area contributed by atoms with E-state index in [0.29, 0.717) is 5.69 Å². The zero-order valence-electron chi connectivity index (χ0n) is 12.8. The van der Waals surface area contributed by atoms with Crippen molar-refractivity contribution in [2.75, 3.05) is 38.5 Å². The lowest BCUT2D eigenvalue weighted by Gasteiger charge is -2.31. The molecule has 7 nitrogen and oxygen atoms in total. The molecule has 0 aromatic heterocycles. The third-order valence-corrected chi connectivity index (χ3v) is 3.60. The largest absolute Gasteiger partial charge is 0.478 e. The molecule has 1 saturated heterocycles. The highest BCUT2D eigenvalue weighted by atomic mass is 16.4. The lowest BCUT2D eigenvalue weighted by molar-refractivity contribution is -0.112. The van der Waals surface area contributed by atoms with E-state index in [2.05, 4.69) is 10.2 Å². The molecular formula is C16H18N4O3. The van der Waals surface area contributed by atoms with Crippen LogP contribution in [-0.4, -0.2) is 60.0 Å². The molecule has 0 bridgehead atoms. The topological polar surface area (TPSA) is 96.7 Å². The zero-order chi connectivity index (χ0) is 16.8. The van der Waals surface area contributed by atoms with Gasteiger partial charge < -0.3 is 20.2 Å². The van der Waals surface area contributed by atoms with Crippen molar-refractivity contribution < 1.29 is 14.7 Å². The molecule has 1 heterocycles. The number of carbonyl (C=O) groups is 2. The van der Waals surface area contributed by atoms with Crippen LogP contribution in [0.15, 0.2) is 36.0 Å². The maximum absolute atomic E-state index is 12.1. The van der Waals surface area contributed by atoms with Gasteiger partial charge in [-0.05, 0) is 31.3 Å². The summed E-state index contributed by atoms with van der Waals surface area (Å²) in [7, 11) is 2.03. The Kier molecular flexibility index (Phi) is 5.33. The predicted molar refractivity (Wildman–Crippen MR) is 84.8 cm³/mol. The number of nitrogens with one attached hydrogen (secondary N) is 1. The van der Waals surface area contributed by atoms with Gasteiger partial charge in [0.05, 0.1) is 5.56 Å². The Morgan fingerprint density at radius 3 is 2.35 bits per heavy atom. The van der Waals surface area contributed by atoms with Gasteiger partial charge in [-0.2, -0.15) is 5.26 Å². The number of amides is 1. The van der Waals surface area contributed by atoms with E-state index in [4.69, 9.17) is 5.11 Å². The van der Waals surface area contributed by atoms with Crippen molar-refractivity contribution in [2.24, 2.45) is 0 Å². The summed E-state index contributed by atoms with van der Waals surface area (Å²) in [5, 5.41) is 20.6. The number of anilines is 1. The van der Waals surface area contributed by atoms with Gasteiger partial charge in [0.2, 0.25) is 0 Å². The smallest absolute Gasteiger partial charge is 0.335 e. The molecule has 1 aliphatic rings. The summed E-state index contributed by atoms with van der Waals surface area (Å²) in [4.78, 5) is 27.1. The number of aromatic carboxylic acids is 1. The van der Waals surface area contributed by atoms with Crippen LogP contribution >= 0.6 is 0 Å². The Hall–Kier alpha value is -2.85. The first-order chi connectivity index (χ1) is 11.0. The molecule has 0 atom stereocenters. The van der Waals surface area contributed by atoms with E-state index in [1.54, 1.807) is 6.20 Å². The summed E-state index contributed by atoms with van der Waals surface area (Å²) >= 11 is 0. The Balaban J connectivity index is 2.02. The summed E-state index contributed by atoms with van der Waals surface area (Å²) in [6.45, 7) is 3.30. The molecule has 1 fully saturated rings. The van der Waals surface area contributed by atoms with Crippen molar-refractivity contribution >= 4 is 17.6 Å². The van der Waals surface area contributed by atoms with Crippen LogP contribution in [-0.2, 0) is 4.79 Å². The Morgan fingerprint density at radius 2 is 1.83 bits per heavy atom. The molecule has 1 aromatic rings. The second kappa shape index (κ2) is 7.42. The number of nitriles is 1. The maximum Gasteiger partial charge on any atom is 0.335 e. The Morgan fingerprint density at radius 1 is 1.22 bits per heavy atom. The van der Waals surface area contributed by atoms with Gasteiger partial charge in [-0.1, -0.05) is 0 Å². The third kappa shape index (κ3) is 4.56. The summed E-state index contributed by atoms with van der Waals surface area (Å²) in [6, 6.07) is 7.69. The molecule has 0 spiro atoms. The maximum atomic E-state index is 12.1. The SMILES string of the molecule is CN1CCN(/C=C(/C#N)C(=O)Nc2ccc(C(=O)O)cc2)CC1. The van der Waals surface area contributed by atoms with Crippen LogP contribution in [0.2, 0.25) is 0 Å². The summed E-state index contributed by atoms with van der Waals surface area (Å²) in [5.41, 5.74) is 0.605. The zero-order valence-corrected chi connectivity index (χ0v) is 12.8. The Bertz CT molecular complexity index is 653. The van der Waals surface area contributed by atoms with Crippen molar-refractivity contribution in [1.82, 2.24) is 9.80 Å². The van der Waals surface area contributed by atoms with Crippen LogP contribution in [0.25, 0.3) is 0 Å². The quantitative estimate of drug-likeness (QED) is 0.635. The van der Waals surface area contributed by atoms with Crippen LogP contribution in [0.3, 0.4) is 0 Å². The number of carboxylic acid groups (broad SMARTS) is 1. The molecule has 1 amide bonds. The number of carboxylic acids is 1. The molecule has 0 unspecified atom stereocenters. The number of hydrogen-bond donors (Lipinski definition) is 2. The lowest BCUT2D eigenvalue weighted by atomic mass is 10.2. The number of nitrogens with zero attached hydrogens (tertiary/aromatic N) is 3. The second-order valence-electron chi connectivity index (χ2n) is 5.33. The first-order valence-electron chi connectivity index (χ1n) is 7.19. The van der Waals surface area contributed by atoms with Gasteiger partial charge in [0.1, 0.15) is 11.6 Å². The Labute approximate surface area is 134 Å². The average Bonchev–Trinajstić information content (AvgIpc) is 2.54. The fraction of sp³-hybridized carbons (Fsp3) is 0.312. The predicted octanol–water partition coefficient (Wildman–Crippen LogP) is 0.978. The molecule has 120 valence electrons. The molecular weight excluding hydrogens is 296 g/mol. The van der Waals surface area contributed by atoms with Gasteiger partial charge in [-0.25, -0.2) is 4.79 Å². The number of carbonyl (C=O) groups excluding carboxylic acids is 1. The van der Waals surface area contributed by atoms with Crippen molar-refractivity contribution in [3.05, 3.63) is 41.6 Å². The van der Waals surface area contributed by atoms with E-state index in [0.717, 1.165) is 26.2 Å². The van der Waals surface area contributed by atoms with E-state index < -0.39 is 11.9 Å². The van der Waals surface area contributed by atoms with Crippen molar-refractivity contribution in [2.45, 2.75) is 0 Å². The van der Waals surface area contributed by atoms with E-state index >= 15 is 0 Å². The monoisotopic (exact) mass is 314 g/mol. The van der Waals surface area contributed by atoms with E-state index in [1.165, 1.54) is 24.3 Å². The third-order valence-electron chi connectivity index (χ3n) is 3.60. The van der Waals surface area contributed by atoms with Crippen LogP contribution < -0.4 is 5.32 Å². The molecule has 7 heteroatoms.